The van der Waals surface area contributed by atoms with E-state index in [2.05, 4.69) is 15.5 Å². The first-order valence-electron chi connectivity index (χ1n) is 6.73. The van der Waals surface area contributed by atoms with Crippen molar-refractivity contribution in [1.82, 2.24) is 14.8 Å². The molecule has 3 aromatic rings. The minimum Gasteiger partial charge on any atom is -0.326 e. The topological polar surface area (TPSA) is 79.8 Å². The van der Waals surface area contributed by atoms with Gasteiger partial charge in [0.1, 0.15) is 0 Å². The fourth-order valence-electron chi connectivity index (χ4n) is 2.21. The molecule has 0 saturated carbocycles. The van der Waals surface area contributed by atoms with Gasteiger partial charge >= 0.3 is 0 Å². The van der Waals surface area contributed by atoms with Crippen LogP contribution >= 0.6 is 0 Å². The molecule has 3 rings (SSSR count). The Hall–Kier alpha value is -3.15. The smallest absolute Gasteiger partial charge is 0.255 e. The van der Waals surface area contributed by atoms with Gasteiger partial charge in [-0.1, -0.05) is 6.07 Å². The molecule has 1 aromatic carbocycles. The van der Waals surface area contributed by atoms with E-state index < -0.39 is 0 Å². The lowest BCUT2D eigenvalue weighted by atomic mass is 10.1. The van der Waals surface area contributed by atoms with Gasteiger partial charge in [0.15, 0.2) is 0 Å². The highest BCUT2D eigenvalue weighted by atomic mass is 16.1. The number of nitrogens with zero attached hydrogens (tertiary/aromatic N) is 2. The SMILES string of the molecule is CC(=O)Nc1cccc(-n2cc(-c3cn[nH]c3)ccc2=O)c1. The summed E-state index contributed by atoms with van der Waals surface area (Å²) in [6.07, 6.45) is 5.20. The zero-order chi connectivity index (χ0) is 15.5. The normalized spacial score (nSPS) is 10.4. The first-order valence-corrected chi connectivity index (χ1v) is 6.73. The van der Waals surface area contributed by atoms with Crippen LogP contribution in [0.2, 0.25) is 0 Å². The van der Waals surface area contributed by atoms with Crippen molar-refractivity contribution in [3.8, 4) is 16.8 Å². The van der Waals surface area contributed by atoms with Crippen LogP contribution in [0.15, 0.2) is 59.8 Å². The van der Waals surface area contributed by atoms with E-state index >= 15 is 0 Å². The number of aromatic nitrogens is 3. The molecule has 0 saturated heterocycles. The van der Waals surface area contributed by atoms with Crippen LogP contribution in [0.3, 0.4) is 0 Å². The van der Waals surface area contributed by atoms with Crippen molar-refractivity contribution in [1.29, 1.82) is 0 Å². The van der Waals surface area contributed by atoms with E-state index in [9.17, 15) is 9.59 Å². The molecule has 0 fully saturated rings. The average molecular weight is 294 g/mol. The summed E-state index contributed by atoms with van der Waals surface area (Å²) in [5, 5.41) is 9.37. The van der Waals surface area contributed by atoms with Gasteiger partial charge in [-0.05, 0) is 24.3 Å². The summed E-state index contributed by atoms with van der Waals surface area (Å²) in [6, 6.07) is 10.4. The number of pyridine rings is 1. The van der Waals surface area contributed by atoms with Crippen molar-refractivity contribution in [3.63, 3.8) is 0 Å². The Labute approximate surface area is 126 Å². The molecule has 0 aliphatic rings. The predicted octanol–water partition coefficient (Wildman–Crippen LogP) is 2.19. The largest absolute Gasteiger partial charge is 0.326 e. The number of benzene rings is 1. The molecule has 0 unspecified atom stereocenters. The van der Waals surface area contributed by atoms with Gasteiger partial charge in [0, 0.05) is 42.2 Å². The number of anilines is 1. The summed E-state index contributed by atoms with van der Waals surface area (Å²) in [5.74, 6) is -0.156. The Morgan fingerprint density at radius 3 is 2.82 bits per heavy atom. The van der Waals surface area contributed by atoms with E-state index in [0.717, 1.165) is 11.1 Å². The van der Waals surface area contributed by atoms with Crippen molar-refractivity contribution in [2.24, 2.45) is 0 Å². The first-order chi connectivity index (χ1) is 10.6. The molecular weight excluding hydrogens is 280 g/mol. The minimum atomic E-state index is -0.156. The van der Waals surface area contributed by atoms with Gasteiger partial charge in [-0.15, -0.1) is 0 Å². The van der Waals surface area contributed by atoms with Gasteiger partial charge in [0.2, 0.25) is 5.91 Å². The highest BCUT2D eigenvalue weighted by molar-refractivity contribution is 5.88. The second-order valence-electron chi connectivity index (χ2n) is 4.84. The number of aromatic amines is 1. The molecule has 22 heavy (non-hydrogen) atoms. The molecule has 2 heterocycles. The van der Waals surface area contributed by atoms with Crippen molar-refractivity contribution in [2.45, 2.75) is 6.92 Å². The summed E-state index contributed by atoms with van der Waals surface area (Å²) >= 11 is 0. The van der Waals surface area contributed by atoms with Crippen LogP contribution in [0.4, 0.5) is 5.69 Å². The van der Waals surface area contributed by atoms with E-state index in [1.54, 1.807) is 42.9 Å². The van der Waals surface area contributed by atoms with E-state index in [1.165, 1.54) is 17.6 Å². The van der Waals surface area contributed by atoms with Crippen molar-refractivity contribution in [3.05, 3.63) is 65.3 Å². The summed E-state index contributed by atoms with van der Waals surface area (Å²) in [6.45, 7) is 1.44. The van der Waals surface area contributed by atoms with E-state index in [-0.39, 0.29) is 11.5 Å². The Bertz CT molecular complexity index is 866. The second-order valence-corrected chi connectivity index (χ2v) is 4.84. The van der Waals surface area contributed by atoms with Crippen LogP contribution < -0.4 is 10.9 Å². The van der Waals surface area contributed by atoms with Crippen LogP contribution in [-0.4, -0.2) is 20.7 Å². The zero-order valence-electron chi connectivity index (χ0n) is 11.9. The minimum absolute atomic E-state index is 0.146. The standard InChI is InChI=1S/C16H14N4O2/c1-11(21)19-14-3-2-4-15(7-14)20-10-12(5-6-16(20)22)13-8-17-18-9-13/h2-10H,1H3,(H,17,18)(H,19,21). The van der Waals surface area contributed by atoms with Gasteiger partial charge in [-0.25, -0.2) is 0 Å². The third-order valence-electron chi connectivity index (χ3n) is 3.19. The number of hydrogen-bond acceptors (Lipinski definition) is 3. The predicted molar refractivity (Wildman–Crippen MR) is 83.9 cm³/mol. The number of nitrogens with one attached hydrogen (secondary N) is 2. The third kappa shape index (κ3) is 2.80. The van der Waals surface area contributed by atoms with Gasteiger partial charge in [-0.2, -0.15) is 5.10 Å². The maximum absolute atomic E-state index is 12.1. The monoisotopic (exact) mass is 294 g/mol. The molecule has 0 atom stereocenters. The molecular formula is C16H14N4O2. The Morgan fingerprint density at radius 2 is 2.09 bits per heavy atom. The number of hydrogen-bond donors (Lipinski definition) is 2. The van der Waals surface area contributed by atoms with Crippen LogP contribution in [0, 0.1) is 0 Å². The fourth-order valence-corrected chi connectivity index (χ4v) is 2.21. The molecule has 110 valence electrons. The quantitative estimate of drug-likeness (QED) is 0.777. The van der Waals surface area contributed by atoms with Crippen molar-refractivity contribution >= 4 is 11.6 Å². The summed E-state index contributed by atoms with van der Waals surface area (Å²) in [4.78, 5) is 23.3. The lowest BCUT2D eigenvalue weighted by molar-refractivity contribution is -0.114. The van der Waals surface area contributed by atoms with Crippen LogP contribution in [0.25, 0.3) is 16.8 Å². The first kappa shape index (κ1) is 13.8. The third-order valence-corrected chi connectivity index (χ3v) is 3.19. The number of carbonyl (C=O) groups is 1. The molecule has 1 amide bonds. The van der Waals surface area contributed by atoms with E-state index in [0.29, 0.717) is 11.4 Å². The van der Waals surface area contributed by atoms with Crippen LogP contribution in [-0.2, 0) is 4.79 Å². The molecule has 6 heteroatoms. The summed E-state index contributed by atoms with van der Waals surface area (Å²) in [7, 11) is 0. The van der Waals surface area contributed by atoms with Gasteiger partial charge in [-0.3, -0.25) is 19.3 Å². The molecule has 0 spiro atoms. The highest BCUT2D eigenvalue weighted by Crippen LogP contribution is 2.18. The van der Waals surface area contributed by atoms with Gasteiger partial charge in [0.25, 0.3) is 5.56 Å². The summed E-state index contributed by atoms with van der Waals surface area (Å²) in [5.41, 5.74) is 2.95. The number of amides is 1. The summed E-state index contributed by atoms with van der Waals surface area (Å²) < 4.78 is 1.54. The lowest BCUT2D eigenvalue weighted by Crippen LogP contribution is -2.16. The zero-order valence-corrected chi connectivity index (χ0v) is 11.9. The van der Waals surface area contributed by atoms with E-state index in [4.69, 9.17) is 0 Å². The Morgan fingerprint density at radius 1 is 1.23 bits per heavy atom. The molecule has 0 bridgehead atoms. The Balaban J connectivity index is 2.06. The molecule has 0 aliphatic heterocycles. The lowest BCUT2D eigenvalue weighted by Gasteiger charge is -2.09. The van der Waals surface area contributed by atoms with E-state index in [1.807, 2.05) is 6.07 Å². The average Bonchev–Trinajstić information content (AvgIpc) is 3.01. The molecule has 2 N–H and O–H groups in total. The van der Waals surface area contributed by atoms with Crippen molar-refractivity contribution in [2.75, 3.05) is 5.32 Å². The molecule has 6 nitrogen and oxygen atoms in total. The molecule has 0 aliphatic carbocycles. The van der Waals surface area contributed by atoms with Crippen LogP contribution in [0.5, 0.6) is 0 Å². The Kier molecular flexibility index (Phi) is 3.57. The van der Waals surface area contributed by atoms with Crippen LogP contribution in [0.1, 0.15) is 6.92 Å². The second kappa shape index (κ2) is 5.69. The highest BCUT2D eigenvalue weighted by Gasteiger charge is 2.05. The van der Waals surface area contributed by atoms with Crippen molar-refractivity contribution < 1.29 is 4.79 Å². The number of carbonyl (C=O) groups excluding carboxylic acids is 1. The number of H-pyrrole nitrogens is 1. The molecule has 0 radical (unpaired) electrons. The number of rotatable bonds is 3. The maximum Gasteiger partial charge on any atom is 0.255 e. The maximum atomic E-state index is 12.1. The van der Waals surface area contributed by atoms with Gasteiger partial charge in [0.05, 0.1) is 11.9 Å². The van der Waals surface area contributed by atoms with Gasteiger partial charge < -0.3 is 5.32 Å². The molecule has 2 aromatic heterocycles. The fraction of sp³-hybridized carbons (Fsp3) is 0.0625.